The molecule has 0 aliphatic carbocycles. The molecule has 15 heavy (non-hydrogen) atoms. The molecule has 6 heteroatoms. The van der Waals surface area contributed by atoms with Crippen LogP contribution < -0.4 is 5.43 Å². The van der Waals surface area contributed by atoms with E-state index in [0.717, 1.165) is 0 Å². The van der Waals surface area contributed by atoms with Crippen LogP contribution in [0.1, 0.15) is 5.69 Å². The van der Waals surface area contributed by atoms with Crippen LogP contribution in [0.4, 0.5) is 0 Å². The third kappa shape index (κ3) is 2.11. The molecule has 5 nitrogen and oxygen atoms in total. The van der Waals surface area contributed by atoms with Crippen LogP contribution in [0.2, 0.25) is 0 Å². The van der Waals surface area contributed by atoms with Gasteiger partial charge in [0.1, 0.15) is 5.52 Å². The second-order valence-corrected chi connectivity index (χ2v) is 3.88. The predicted molar refractivity (Wildman–Crippen MR) is 55.0 cm³/mol. The summed E-state index contributed by atoms with van der Waals surface area (Å²) in [6.45, 7) is 0. The lowest BCUT2D eigenvalue weighted by Crippen LogP contribution is -2.05. The second-order valence-electron chi connectivity index (χ2n) is 2.99. The lowest BCUT2D eigenvalue weighted by Gasteiger charge is -2.04. The highest BCUT2D eigenvalue weighted by atomic mass is 32.2. The van der Waals surface area contributed by atoms with Gasteiger partial charge in [0.25, 0.3) is 0 Å². The predicted octanol–water partition coefficient (Wildman–Crippen LogP) is 0.302. The van der Waals surface area contributed by atoms with Crippen LogP contribution in [0, 0.1) is 0 Å². The summed E-state index contributed by atoms with van der Waals surface area (Å²) in [4.78, 5) is 18.2. The Morgan fingerprint density at radius 2 is 2.20 bits per heavy atom. The van der Waals surface area contributed by atoms with Crippen molar-refractivity contribution < 1.29 is 8.76 Å². The average molecular weight is 223 g/mol. The zero-order valence-corrected chi connectivity index (χ0v) is 8.41. The highest BCUT2D eigenvalue weighted by molar-refractivity contribution is 7.78. The van der Waals surface area contributed by atoms with Crippen molar-refractivity contribution in [2.75, 3.05) is 0 Å². The Labute approximate surface area is 87.5 Å². The molecule has 1 atom stereocenters. The molecule has 0 aromatic carbocycles. The number of pyridine rings is 2. The van der Waals surface area contributed by atoms with Gasteiger partial charge in [0.15, 0.2) is 0 Å². The monoisotopic (exact) mass is 223 g/mol. The summed E-state index contributed by atoms with van der Waals surface area (Å²) in [5.74, 6) is -0.176. The quantitative estimate of drug-likeness (QED) is 0.742. The Morgan fingerprint density at radius 3 is 2.93 bits per heavy atom. The van der Waals surface area contributed by atoms with E-state index in [4.69, 9.17) is 0 Å². The molecule has 2 heterocycles. The molecule has 78 valence electrons. The minimum atomic E-state index is -2.19. The molecule has 0 saturated carbocycles. The summed E-state index contributed by atoms with van der Waals surface area (Å²) >= 11 is -2.19. The molecule has 1 unspecified atom stereocenters. The van der Waals surface area contributed by atoms with E-state index >= 15 is 0 Å². The van der Waals surface area contributed by atoms with Crippen LogP contribution in [0.3, 0.4) is 0 Å². The fraction of sp³-hybridized carbons (Fsp3) is 0.111. The van der Waals surface area contributed by atoms with Crippen molar-refractivity contribution in [2.24, 2.45) is 0 Å². The van der Waals surface area contributed by atoms with Gasteiger partial charge in [-0.1, -0.05) is 0 Å². The highest BCUT2D eigenvalue weighted by Gasteiger charge is 2.01. The molecule has 1 N–H and O–H groups in total. The van der Waals surface area contributed by atoms with E-state index in [0.29, 0.717) is 11.2 Å². The Kier molecular flexibility index (Phi) is 2.61. The van der Waals surface area contributed by atoms with Gasteiger partial charge in [-0.15, -0.1) is 0 Å². The van der Waals surface area contributed by atoms with E-state index in [1.165, 1.54) is 12.3 Å². The zero-order chi connectivity index (χ0) is 10.8. The molecule has 0 amide bonds. The summed E-state index contributed by atoms with van der Waals surface area (Å²) < 4.78 is 20.9. The van der Waals surface area contributed by atoms with Gasteiger partial charge in [-0.05, 0) is 23.2 Å². The number of fused-ring (bicyclic) bond motifs is 1. The van der Waals surface area contributed by atoms with Crippen LogP contribution >= 0.6 is 0 Å². The van der Waals surface area contributed by atoms with E-state index in [-0.39, 0.29) is 16.7 Å². The molecule has 0 spiro atoms. The summed E-state index contributed by atoms with van der Waals surface area (Å²) in [5, 5.41) is 0. The maximum Gasteiger partial charge on any atom is 0.207 e. The normalized spacial score (nSPS) is 12.9. The van der Waals surface area contributed by atoms with Crippen molar-refractivity contribution in [1.82, 2.24) is 9.97 Å². The third-order valence-electron chi connectivity index (χ3n) is 1.93. The first-order valence-corrected chi connectivity index (χ1v) is 5.44. The van der Waals surface area contributed by atoms with Gasteiger partial charge in [-0.2, -0.15) is 0 Å². The number of nitrogens with zero attached hydrogens (tertiary/aromatic N) is 1. The smallest absolute Gasteiger partial charge is 0.207 e. The number of aromatic amines is 1. The molecule has 0 saturated heterocycles. The van der Waals surface area contributed by atoms with Gasteiger partial charge < -0.3 is 9.54 Å². The molecule has 0 bridgehead atoms. The summed E-state index contributed by atoms with van der Waals surface area (Å²) in [6, 6.07) is 4.58. The molecule has 0 fully saturated rings. The number of aromatic nitrogens is 2. The minimum absolute atomic E-state index is 0.176. The maximum absolute atomic E-state index is 11.4. The van der Waals surface area contributed by atoms with Crippen LogP contribution in [-0.2, 0) is 16.8 Å². The van der Waals surface area contributed by atoms with Crippen molar-refractivity contribution in [3.8, 4) is 0 Å². The van der Waals surface area contributed by atoms with E-state index in [1.54, 1.807) is 12.1 Å². The van der Waals surface area contributed by atoms with Crippen molar-refractivity contribution in [2.45, 2.75) is 5.75 Å². The number of nitrogens with one attached hydrogen (secondary N) is 1. The Hall–Kier alpha value is -1.53. The first kappa shape index (κ1) is 10.0. The molecular weight excluding hydrogens is 216 g/mol. The maximum atomic E-state index is 11.4. The lowest BCUT2D eigenvalue weighted by atomic mass is 10.3. The first-order chi connectivity index (χ1) is 7.16. The van der Waals surface area contributed by atoms with Gasteiger partial charge in [0.05, 0.1) is 17.0 Å². The summed E-state index contributed by atoms with van der Waals surface area (Å²) in [5.41, 5.74) is 1.01. The molecule has 2 aromatic rings. The van der Waals surface area contributed by atoms with Crippen molar-refractivity contribution in [1.29, 1.82) is 0 Å². The van der Waals surface area contributed by atoms with Crippen LogP contribution in [0.25, 0.3) is 11.0 Å². The average Bonchev–Trinajstić information content (AvgIpc) is 2.18. The fourth-order valence-electron chi connectivity index (χ4n) is 1.29. The third-order valence-corrected chi connectivity index (χ3v) is 2.46. The molecule has 2 aromatic heterocycles. The van der Waals surface area contributed by atoms with Gasteiger partial charge >= 0.3 is 0 Å². The zero-order valence-electron chi connectivity index (χ0n) is 7.60. The molecule has 2 rings (SSSR count). The lowest BCUT2D eigenvalue weighted by molar-refractivity contribution is 0.535. The van der Waals surface area contributed by atoms with Crippen molar-refractivity contribution in [3.05, 3.63) is 40.3 Å². The standard InChI is InChI=1S/C9H8N2O3S/c12-8-3-4-10-7-2-1-6(5-15(13)14)11-9(7)8/h1-4H,5H2,(H,10,12)(H,13,14)/p-1. The Morgan fingerprint density at radius 1 is 1.40 bits per heavy atom. The van der Waals surface area contributed by atoms with Gasteiger partial charge in [0, 0.05) is 12.3 Å². The van der Waals surface area contributed by atoms with E-state index in [9.17, 15) is 13.6 Å². The minimum Gasteiger partial charge on any atom is -0.772 e. The molecule has 0 radical (unpaired) electrons. The van der Waals surface area contributed by atoms with Crippen LogP contribution in [0.15, 0.2) is 29.2 Å². The number of H-pyrrole nitrogens is 1. The van der Waals surface area contributed by atoms with Gasteiger partial charge in [0.2, 0.25) is 5.43 Å². The van der Waals surface area contributed by atoms with Crippen LogP contribution in [0.5, 0.6) is 0 Å². The van der Waals surface area contributed by atoms with Crippen molar-refractivity contribution in [3.63, 3.8) is 0 Å². The van der Waals surface area contributed by atoms with E-state index < -0.39 is 11.1 Å². The fourth-order valence-corrected chi connectivity index (χ4v) is 1.69. The van der Waals surface area contributed by atoms with Gasteiger partial charge in [-0.3, -0.25) is 9.00 Å². The van der Waals surface area contributed by atoms with Gasteiger partial charge in [-0.25, -0.2) is 4.98 Å². The molecule has 0 aliphatic rings. The molecule has 0 aliphatic heterocycles. The first-order valence-electron chi connectivity index (χ1n) is 4.20. The second kappa shape index (κ2) is 3.92. The van der Waals surface area contributed by atoms with E-state index in [1.807, 2.05) is 0 Å². The largest absolute Gasteiger partial charge is 0.772 e. The van der Waals surface area contributed by atoms with E-state index in [2.05, 4.69) is 9.97 Å². The summed E-state index contributed by atoms with van der Waals surface area (Å²) in [6.07, 6.45) is 1.53. The molecular formula is C9H7N2O3S-. The SMILES string of the molecule is O=c1cc[nH]c2ccc(CS(=O)[O-])nc12. The Bertz CT molecular complexity index is 579. The topological polar surface area (TPSA) is 85.9 Å². The highest BCUT2D eigenvalue weighted by Crippen LogP contribution is 2.06. The number of hydrogen-bond donors (Lipinski definition) is 1. The Balaban J connectivity index is 2.59. The number of hydrogen-bond acceptors (Lipinski definition) is 4. The number of rotatable bonds is 2. The van der Waals surface area contributed by atoms with Crippen molar-refractivity contribution >= 4 is 22.1 Å². The van der Waals surface area contributed by atoms with Crippen LogP contribution in [-0.4, -0.2) is 18.7 Å². The summed E-state index contributed by atoms with van der Waals surface area (Å²) in [7, 11) is 0.